The molecule has 0 fully saturated rings. The van der Waals surface area contributed by atoms with Crippen molar-refractivity contribution in [3.63, 3.8) is 0 Å². The Morgan fingerprint density at radius 1 is 1.32 bits per heavy atom. The maximum atomic E-state index is 8.81. The van der Waals surface area contributed by atoms with Crippen molar-refractivity contribution in [2.45, 2.75) is 6.04 Å². The highest BCUT2D eigenvalue weighted by Gasteiger charge is 2.17. The molecule has 0 aliphatic heterocycles. The van der Waals surface area contributed by atoms with Gasteiger partial charge in [0.15, 0.2) is 0 Å². The van der Waals surface area contributed by atoms with Gasteiger partial charge in [-0.1, -0.05) is 11.6 Å². The summed E-state index contributed by atoms with van der Waals surface area (Å²) in [5.41, 5.74) is 7.56. The molecule has 2 N–H and O–H groups in total. The monoisotopic (exact) mass is 291 g/mol. The summed E-state index contributed by atoms with van der Waals surface area (Å²) in [5, 5.41) is 8.81. The van der Waals surface area contributed by atoms with Gasteiger partial charge in [-0.15, -0.1) is 11.3 Å². The van der Waals surface area contributed by atoms with Crippen LogP contribution in [0.4, 0.5) is 5.69 Å². The van der Waals surface area contributed by atoms with E-state index in [0.717, 1.165) is 14.9 Å². The minimum Gasteiger partial charge on any atom is -0.365 e. The van der Waals surface area contributed by atoms with Crippen LogP contribution in [0.25, 0.3) is 0 Å². The van der Waals surface area contributed by atoms with Gasteiger partial charge in [0.2, 0.25) is 0 Å². The Morgan fingerprint density at radius 2 is 2.00 bits per heavy atom. The quantitative estimate of drug-likeness (QED) is 0.939. The highest BCUT2D eigenvalue weighted by molar-refractivity contribution is 7.16. The first kappa shape index (κ1) is 13.9. The van der Waals surface area contributed by atoms with E-state index in [0.29, 0.717) is 12.1 Å². The molecule has 0 spiro atoms. The lowest BCUT2D eigenvalue weighted by molar-refractivity contribution is 0.692. The lowest BCUT2D eigenvalue weighted by atomic mass is 10.1. The number of likely N-dealkylation sites (N-methyl/N-ethyl adjacent to an activating group) is 1. The van der Waals surface area contributed by atoms with Gasteiger partial charge in [0.1, 0.15) is 0 Å². The van der Waals surface area contributed by atoms with Crippen molar-refractivity contribution in [1.29, 1.82) is 5.26 Å². The van der Waals surface area contributed by atoms with Crippen LogP contribution in [-0.2, 0) is 0 Å². The molecule has 1 unspecified atom stereocenters. The molecule has 0 aliphatic carbocycles. The molecule has 0 aliphatic rings. The zero-order valence-corrected chi connectivity index (χ0v) is 12.1. The van der Waals surface area contributed by atoms with E-state index in [2.05, 4.69) is 11.0 Å². The number of hydrogen-bond donors (Lipinski definition) is 1. The highest BCUT2D eigenvalue weighted by atomic mass is 35.5. The number of thiophene rings is 1. The molecule has 0 radical (unpaired) electrons. The average molecular weight is 292 g/mol. The average Bonchev–Trinajstić information content (AvgIpc) is 2.86. The number of hydrogen-bond acceptors (Lipinski definition) is 4. The first-order valence-corrected chi connectivity index (χ1v) is 7.03. The fourth-order valence-corrected chi connectivity index (χ4v) is 3.14. The normalized spacial score (nSPS) is 11.9. The molecule has 0 saturated carbocycles. The van der Waals surface area contributed by atoms with Gasteiger partial charge in [-0.3, -0.25) is 0 Å². The summed E-state index contributed by atoms with van der Waals surface area (Å²) in [4.78, 5) is 3.24. The first-order valence-electron chi connectivity index (χ1n) is 5.84. The zero-order chi connectivity index (χ0) is 13.8. The molecule has 19 heavy (non-hydrogen) atoms. The van der Waals surface area contributed by atoms with E-state index in [4.69, 9.17) is 22.6 Å². The molecular weight excluding hydrogens is 278 g/mol. The van der Waals surface area contributed by atoms with Crippen LogP contribution in [0.3, 0.4) is 0 Å². The van der Waals surface area contributed by atoms with E-state index in [-0.39, 0.29) is 6.04 Å². The van der Waals surface area contributed by atoms with E-state index < -0.39 is 0 Å². The van der Waals surface area contributed by atoms with Crippen molar-refractivity contribution in [3.05, 3.63) is 51.2 Å². The number of halogens is 1. The lowest BCUT2D eigenvalue weighted by Gasteiger charge is -2.28. The van der Waals surface area contributed by atoms with E-state index >= 15 is 0 Å². The van der Waals surface area contributed by atoms with Crippen LogP contribution >= 0.6 is 22.9 Å². The molecule has 3 nitrogen and oxygen atoms in total. The molecule has 1 atom stereocenters. The number of anilines is 1. The Bertz CT molecular complexity index is 585. The lowest BCUT2D eigenvalue weighted by Crippen LogP contribution is -2.29. The Kier molecular flexibility index (Phi) is 4.43. The predicted octanol–water partition coefficient (Wildman–Crippen LogP) is 3.41. The van der Waals surface area contributed by atoms with Crippen molar-refractivity contribution in [2.75, 3.05) is 18.5 Å². The minimum absolute atomic E-state index is 0.0884. The minimum atomic E-state index is 0.0884. The Morgan fingerprint density at radius 3 is 2.47 bits per heavy atom. The maximum absolute atomic E-state index is 8.81. The van der Waals surface area contributed by atoms with Gasteiger partial charge in [-0.25, -0.2) is 0 Å². The summed E-state index contributed by atoms with van der Waals surface area (Å²) < 4.78 is 0.765. The van der Waals surface area contributed by atoms with Gasteiger partial charge in [-0.2, -0.15) is 5.26 Å². The van der Waals surface area contributed by atoms with Crippen molar-refractivity contribution in [3.8, 4) is 6.07 Å². The van der Waals surface area contributed by atoms with Crippen LogP contribution in [0.2, 0.25) is 4.34 Å². The van der Waals surface area contributed by atoms with E-state index in [9.17, 15) is 0 Å². The van der Waals surface area contributed by atoms with Gasteiger partial charge < -0.3 is 10.6 Å². The Balaban J connectivity index is 2.25. The van der Waals surface area contributed by atoms with Crippen molar-refractivity contribution >= 4 is 28.6 Å². The summed E-state index contributed by atoms with van der Waals surface area (Å²) in [5.74, 6) is 0. The van der Waals surface area contributed by atoms with Crippen molar-refractivity contribution < 1.29 is 0 Å². The topological polar surface area (TPSA) is 53.0 Å². The molecule has 1 aromatic carbocycles. The fourth-order valence-electron chi connectivity index (χ4n) is 1.92. The summed E-state index contributed by atoms with van der Waals surface area (Å²) in [7, 11) is 1.99. The predicted molar refractivity (Wildman–Crippen MR) is 80.7 cm³/mol. The molecule has 2 aromatic rings. The standard InChI is InChI=1S/C14H14ClN3S/c1-18(11-4-2-10(8-16)3-5-11)12(9-17)13-6-7-14(15)19-13/h2-7,12H,9,17H2,1H3. The maximum Gasteiger partial charge on any atom is 0.0991 e. The van der Waals surface area contributed by atoms with Crippen LogP contribution < -0.4 is 10.6 Å². The van der Waals surface area contributed by atoms with Crippen LogP contribution in [0.15, 0.2) is 36.4 Å². The molecule has 5 heteroatoms. The van der Waals surface area contributed by atoms with E-state index in [1.807, 2.05) is 31.3 Å². The number of benzene rings is 1. The second-order valence-corrected chi connectivity index (χ2v) is 5.91. The van der Waals surface area contributed by atoms with Gasteiger partial charge in [-0.05, 0) is 36.4 Å². The summed E-state index contributed by atoms with van der Waals surface area (Å²) >= 11 is 7.52. The molecule has 98 valence electrons. The molecule has 2 rings (SSSR count). The van der Waals surface area contributed by atoms with Crippen LogP contribution in [0.1, 0.15) is 16.5 Å². The molecule has 1 aromatic heterocycles. The first-order chi connectivity index (χ1) is 9.15. The van der Waals surface area contributed by atoms with Crippen molar-refractivity contribution in [2.24, 2.45) is 5.73 Å². The van der Waals surface area contributed by atoms with Crippen molar-refractivity contribution in [1.82, 2.24) is 0 Å². The zero-order valence-electron chi connectivity index (χ0n) is 10.5. The Hall–Kier alpha value is -1.54. The van der Waals surface area contributed by atoms with Gasteiger partial charge >= 0.3 is 0 Å². The summed E-state index contributed by atoms with van der Waals surface area (Å²) in [6.07, 6.45) is 0. The number of rotatable bonds is 4. The molecule has 1 heterocycles. The number of nitrogens with zero attached hydrogens (tertiary/aromatic N) is 2. The Labute approximate surface area is 121 Å². The second kappa shape index (κ2) is 6.07. The molecule has 0 bridgehead atoms. The van der Waals surface area contributed by atoms with Gasteiger partial charge in [0.25, 0.3) is 0 Å². The second-order valence-electron chi connectivity index (χ2n) is 4.16. The summed E-state index contributed by atoms with van der Waals surface area (Å²) in [6.45, 7) is 0.507. The van der Waals surface area contributed by atoms with Gasteiger partial charge in [0, 0.05) is 24.2 Å². The van der Waals surface area contributed by atoms with E-state index in [1.54, 1.807) is 23.5 Å². The largest absolute Gasteiger partial charge is 0.365 e. The third-order valence-corrected chi connectivity index (χ3v) is 4.35. The van der Waals surface area contributed by atoms with E-state index in [1.165, 1.54) is 0 Å². The SMILES string of the molecule is CN(c1ccc(C#N)cc1)C(CN)c1ccc(Cl)s1. The molecular formula is C14H14ClN3S. The molecule has 0 amide bonds. The number of nitriles is 1. The summed E-state index contributed by atoms with van der Waals surface area (Å²) in [6, 6.07) is 13.6. The van der Waals surface area contributed by atoms with Crippen LogP contribution in [0, 0.1) is 11.3 Å². The van der Waals surface area contributed by atoms with Crippen LogP contribution in [-0.4, -0.2) is 13.6 Å². The third-order valence-electron chi connectivity index (χ3n) is 3.02. The van der Waals surface area contributed by atoms with Crippen LogP contribution in [0.5, 0.6) is 0 Å². The molecule has 0 saturated heterocycles. The third kappa shape index (κ3) is 3.07. The smallest absolute Gasteiger partial charge is 0.0991 e. The highest BCUT2D eigenvalue weighted by Crippen LogP contribution is 2.31. The number of nitrogens with two attached hydrogens (primary N) is 1. The fraction of sp³-hybridized carbons (Fsp3) is 0.214. The van der Waals surface area contributed by atoms with Gasteiger partial charge in [0.05, 0.1) is 22.0 Å².